The van der Waals surface area contributed by atoms with Crippen LogP contribution >= 0.6 is 0 Å². The molecule has 0 spiro atoms. The summed E-state index contributed by atoms with van der Waals surface area (Å²) in [6.45, 7) is -4.89. The summed E-state index contributed by atoms with van der Waals surface area (Å²) in [5.74, 6) is 0. The van der Waals surface area contributed by atoms with E-state index in [-0.39, 0.29) is 51.4 Å². The third-order valence-corrected chi connectivity index (χ3v) is 1.96. The Morgan fingerprint density at radius 1 is 1.07 bits per heavy atom. The fourth-order valence-corrected chi connectivity index (χ4v) is 1.27. The summed E-state index contributed by atoms with van der Waals surface area (Å²) >= 11 is 0. The number of aromatic amines is 1. The van der Waals surface area contributed by atoms with Crippen LogP contribution in [0.2, 0.25) is 0 Å². The Morgan fingerprint density at radius 2 is 1.79 bits per heavy atom. The molecule has 0 unspecified atom stereocenters. The third-order valence-electron chi connectivity index (χ3n) is 1.96. The fourth-order valence-electron chi connectivity index (χ4n) is 1.27. The van der Waals surface area contributed by atoms with Gasteiger partial charge in [-0.15, -0.1) is 5.46 Å². The van der Waals surface area contributed by atoms with Gasteiger partial charge in [-0.2, -0.15) is 0 Å². The van der Waals surface area contributed by atoms with E-state index in [1.54, 1.807) is 12.3 Å². The van der Waals surface area contributed by atoms with Crippen LogP contribution in [0.4, 0.5) is 12.9 Å². The molecule has 1 N–H and O–H groups in total. The zero-order valence-corrected chi connectivity index (χ0v) is 10.7. The minimum absolute atomic E-state index is 0. The Bertz CT molecular complexity index is 437. The number of hydrogen-bond donors (Lipinski definition) is 1. The van der Waals surface area contributed by atoms with Crippen molar-refractivity contribution in [1.82, 2.24) is 4.98 Å². The summed E-state index contributed by atoms with van der Waals surface area (Å²) in [7, 11) is 0. The van der Waals surface area contributed by atoms with Crippen LogP contribution in [0, 0.1) is 0 Å². The molecule has 2 rings (SSSR count). The fraction of sp³-hybridized carbons (Fsp3) is 0. The maximum atomic E-state index is 12.3. The van der Waals surface area contributed by atoms with Gasteiger partial charge in [0.1, 0.15) is 0 Å². The van der Waals surface area contributed by atoms with Crippen LogP contribution in [-0.2, 0) is 0 Å². The van der Waals surface area contributed by atoms with Crippen molar-refractivity contribution in [3.8, 4) is 0 Å². The molecule has 0 radical (unpaired) electrons. The van der Waals surface area contributed by atoms with Crippen LogP contribution in [0.15, 0.2) is 30.5 Å². The van der Waals surface area contributed by atoms with E-state index < -0.39 is 12.4 Å². The van der Waals surface area contributed by atoms with E-state index in [4.69, 9.17) is 0 Å². The van der Waals surface area contributed by atoms with Gasteiger partial charge in [-0.3, -0.25) is 0 Å². The van der Waals surface area contributed by atoms with Gasteiger partial charge in [-0.1, -0.05) is 18.2 Å². The Balaban J connectivity index is 0.000000980. The number of halogens is 3. The molecule has 0 amide bonds. The number of hydrogen-bond acceptors (Lipinski definition) is 0. The molecule has 1 heterocycles. The normalized spacial score (nSPS) is 11.4. The Kier molecular flexibility index (Phi) is 3.88. The molecule has 6 heteroatoms. The average Bonchev–Trinajstić information content (AvgIpc) is 2.47. The Morgan fingerprint density at radius 3 is 2.43 bits per heavy atom. The first-order valence-corrected chi connectivity index (χ1v) is 3.84. The first kappa shape index (κ1) is 12.3. The van der Waals surface area contributed by atoms with E-state index >= 15 is 0 Å². The Labute approximate surface area is 122 Å². The molecular formula is C8H6BF3KN. The molecule has 0 atom stereocenters. The van der Waals surface area contributed by atoms with Crippen LogP contribution in [-0.4, -0.2) is 12.0 Å². The summed E-state index contributed by atoms with van der Waals surface area (Å²) < 4.78 is 36.8. The maximum Gasteiger partial charge on any atom is 1.00 e. The van der Waals surface area contributed by atoms with Crippen molar-refractivity contribution in [2.45, 2.75) is 0 Å². The molecule has 0 saturated carbocycles. The molecule has 0 aliphatic heterocycles. The summed E-state index contributed by atoms with van der Waals surface area (Å²) in [4.78, 5) is 2.74. The predicted octanol–water partition coefficient (Wildman–Crippen LogP) is -0.774. The van der Waals surface area contributed by atoms with Gasteiger partial charge in [0, 0.05) is 11.7 Å². The number of H-pyrrole nitrogens is 1. The van der Waals surface area contributed by atoms with Crippen molar-refractivity contribution in [3.05, 3.63) is 30.5 Å². The standard InChI is InChI=1S/C8H6BF3N.K/c10-9(11,12)7-2-1-6-3-4-13-8(6)5-7;/h1-5,13H;/q-1;+1. The molecule has 1 aromatic carbocycles. The van der Waals surface area contributed by atoms with Crippen molar-refractivity contribution in [2.24, 2.45) is 0 Å². The molecule has 0 aliphatic carbocycles. The van der Waals surface area contributed by atoms with E-state index in [9.17, 15) is 12.9 Å². The van der Waals surface area contributed by atoms with Crippen molar-refractivity contribution in [3.63, 3.8) is 0 Å². The quantitative estimate of drug-likeness (QED) is 0.611. The minimum atomic E-state index is -4.89. The molecule has 0 fully saturated rings. The molecule has 1 aromatic heterocycles. The molecule has 2 aromatic rings. The number of benzene rings is 1. The topological polar surface area (TPSA) is 15.8 Å². The van der Waals surface area contributed by atoms with Crippen molar-refractivity contribution < 1.29 is 64.3 Å². The van der Waals surface area contributed by atoms with Gasteiger partial charge in [0.15, 0.2) is 0 Å². The van der Waals surface area contributed by atoms with E-state index in [2.05, 4.69) is 4.98 Å². The average molecular weight is 223 g/mol. The summed E-state index contributed by atoms with van der Waals surface area (Å²) in [6.07, 6.45) is 1.62. The second-order valence-corrected chi connectivity index (χ2v) is 2.90. The van der Waals surface area contributed by atoms with Crippen molar-refractivity contribution >= 4 is 23.3 Å². The first-order valence-electron chi connectivity index (χ1n) is 3.84. The zero-order valence-electron chi connectivity index (χ0n) is 7.60. The van der Waals surface area contributed by atoms with E-state index in [0.29, 0.717) is 5.52 Å². The monoisotopic (exact) mass is 223 g/mol. The molecule has 0 bridgehead atoms. The molecule has 14 heavy (non-hydrogen) atoms. The second-order valence-electron chi connectivity index (χ2n) is 2.90. The third kappa shape index (κ3) is 2.43. The largest absolute Gasteiger partial charge is 1.00 e. The summed E-state index contributed by atoms with van der Waals surface area (Å²) in [5.41, 5.74) is -0.0355. The molecule has 0 aliphatic rings. The van der Waals surface area contributed by atoms with Crippen LogP contribution in [0.25, 0.3) is 10.9 Å². The van der Waals surface area contributed by atoms with Gasteiger partial charge in [-0.25, -0.2) is 0 Å². The number of rotatable bonds is 1. The zero-order chi connectivity index (χ0) is 9.47. The van der Waals surface area contributed by atoms with Gasteiger partial charge in [0.2, 0.25) is 0 Å². The number of fused-ring (bicyclic) bond motifs is 1. The van der Waals surface area contributed by atoms with E-state index in [0.717, 1.165) is 17.5 Å². The Hall–Kier alpha value is 0.251. The number of nitrogens with one attached hydrogen (secondary N) is 1. The van der Waals surface area contributed by atoms with Crippen molar-refractivity contribution in [2.75, 3.05) is 0 Å². The van der Waals surface area contributed by atoms with Crippen LogP contribution in [0.5, 0.6) is 0 Å². The predicted molar refractivity (Wildman–Crippen MR) is 47.0 cm³/mol. The van der Waals surface area contributed by atoms with E-state index in [1.165, 1.54) is 6.07 Å². The van der Waals surface area contributed by atoms with Gasteiger partial charge in [0.05, 0.1) is 0 Å². The van der Waals surface area contributed by atoms with Crippen LogP contribution in [0.1, 0.15) is 0 Å². The van der Waals surface area contributed by atoms with E-state index in [1.807, 2.05) is 0 Å². The van der Waals surface area contributed by atoms with Gasteiger partial charge < -0.3 is 17.9 Å². The summed E-state index contributed by atoms with van der Waals surface area (Å²) in [5, 5.41) is 0.795. The van der Waals surface area contributed by atoms with Gasteiger partial charge in [0.25, 0.3) is 0 Å². The molecule has 0 saturated heterocycles. The molecule has 68 valence electrons. The van der Waals surface area contributed by atoms with Gasteiger partial charge in [-0.05, 0) is 11.5 Å². The minimum Gasteiger partial charge on any atom is -0.445 e. The molecule has 1 nitrogen and oxygen atoms in total. The second kappa shape index (κ2) is 4.40. The van der Waals surface area contributed by atoms with Crippen molar-refractivity contribution in [1.29, 1.82) is 0 Å². The smallest absolute Gasteiger partial charge is 0.445 e. The summed E-state index contributed by atoms with van der Waals surface area (Å²) in [6, 6.07) is 5.45. The number of aromatic nitrogens is 1. The van der Waals surface area contributed by atoms with Crippen LogP contribution in [0.3, 0.4) is 0 Å². The molecular weight excluding hydrogens is 217 g/mol. The van der Waals surface area contributed by atoms with Crippen LogP contribution < -0.4 is 56.8 Å². The van der Waals surface area contributed by atoms with Gasteiger partial charge >= 0.3 is 58.4 Å². The first-order chi connectivity index (χ1) is 6.07. The SMILES string of the molecule is F[B-](F)(F)c1ccc2cc[nH]c2c1.[K+]. The maximum absolute atomic E-state index is 12.3.